The van der Waals surface area contributed by atoms with Crippen LogP contribution in [-0.2, 0) is 12.8 Å². The second kappa shape index (κ2) is 11.0. The van der Waals surface area contributed by atoms with E-state index in [1.165, 1.54) is 43.2 Å². The van der Waals surface area contributed by atoms with E-state index < -0.39 is 11.6 Å². The lowest BCUT2D eigenvalue weighted by Crippen LogP contribution is -2.13. The van der Waals surface area contributed by atoms with Crippen LogP contribution in [0.15, 0.2) is 61.2 Å². The minimum absolute atomic E-state index is 0.0272. The fraction of sp³-hybridized carbons (Fsp3) is 0.400. The van der Waals surface area contributed by atoms with Crippen LogP contribution in [0.5, 0.6) is 5.75 Å². The predicted molar refractivity (Wildman–Crippen MR) is 133 cm³/mol. The average Bonchev–Trinajstić information content (AvgIpc) is 2.85. The van der Waals surface area contributed by atoms with Crippen LogP contribution in [0.1, 0.15) is 68.1 Å². The number of allylic oxidation sites excluding steroid dienone is 1. The third-order valence-electron chi connectivity index (χ3n) is 7.13. The van der Waals surface area contributed by atoms with Gasteiger partial charge in [-0.3, -0.25) is 0 Å². The molecule has 3 aromatic carbocycles. The molecule has 0 spiro atoms. The van der Waals surface area contributed by atoms with Crippen molar-refractivity contribution in [2.45, 2.75) is 64.2 Å². The Morgan fingerprint density at radius 2 is 1.61 bits per heavy atom. The molecule has 0 bridgehead atoms. The maximum absolute atomic E-state index is 14.6. The van der Waals surface area contributed by atoms with Crippen LogP contribution in [-0.4, -0.2) is 6.61 Å². The van der Waals surface area contributed by atoms with Crippen molar-refractivity contribution in [3.63, 3.8) is 0 Å². The third kappa shape index (κ3) is 5.63. The SMILES string of the molecule is C=CCCC1CCC(c2ccc(CCc3ccc4cc(OCC)c(F)c(F)c4c3)cc2)CC1. The highest BCUT2D eigenvalue weighted by molar-refractivity contribution is 5.85. The van der Waals surface area contributed by atoms with Crippen molar-refractivity contribution in [2.24, 2.45) is 5.92 Å². The molecule has 1 nitrogen and oxygen atoms in total. The number of aryl methyl sites for hydroxylation is 2. The number of hydrogen-bond acceptors (Lipinski definition) is 1. The van der Waals surface area contributed by atoms with E-state index in [1.54, 1.807) is 19.1 Å². The second-order valence-electron chi connectivity index (χ2n) is 9.32. The Kier molecular flexibility index (Phi) is 7.80. The van der Waals surface area contributed by atoms with Gasteiger partial charge in [-0.1, -0.05) is 42.5 Å². The molecule has 3 heteroatoms. The molecular formula is C30H34F2O. The van der Waals surface area contributed by atoms with Gasteiger partial charge >= 0.3 is 0 Å². The van der Waals surface area contributed by atoms with Gasteiger partial charge in [0.1, 0.15) is 0 Å². The van der Waals surface area contributed by atoms with Gasteiger partial charge in [0.05, 0.1) is 6.61 Å². The van der Waals surface area contributed by atoms with Crippen LogP contribution in [0.3, 0.4) is 0 Å². The van der Waals surface area contributed by atoms with Crippen LogP contribution in [0.4, 0.5) is 8.78 Å². The fourth-order valence-electron chi connectivity index (χ4n) is 5.15. The lowest BCUT2D eigenvalue weighted by atomic mass is 9.77. The number of fused-ring (bicyclic) bond motifs is 1. The molecule has 0 aliphatic heterocycles. The summed E-state index contributed by atoms with van der Waals surface area (Å²) >= 11 is 0. The zero-order chi connectivity index (χ0) is 23.2. The maximum Gasteiger partial charge on any atom is 0.201 e. The summed E-state index contributed by atoms with van der Waals surface area (Å²) < 4.78 is 34.1. The van der Waals surface area contributed by atoms with Gasteiger partial charge in [-0.15, -0.1) is 6.58 Å². The van der Waals surface area contributed by atoms with E-state index >= 15 is 0 Å². The smallest absolute Gasteiger partial charge is 0.201 e. The summed E-state index contributed by atoms with van der Waals surface area (Å²) in [5.41, 5.74) is 3.73. The highest BCUT2D eigenvalue weighted by Gasteiger charge is 2.21. The van der Waals surface area contributed by atoms with Crippen molar-refractivity contribution in [1.82, 2.24) is 0 Å². The van der Waals surface area contributed by atoms with E-state index in [4.69, 9.17) is 4.74 Å². The maximum atomic E-state index is 14.6. The lowest BCUT2D eigenvalue weighted by molar-refractivity contribution is 0.312. The van der Waals surface area contributed by atoms with Gasteiger partial charge in [0.15, 0.2) is 11.6 Å². The summed E-state index contributed by atoms with van der Waals surface area (Å²) in [7, 11) is 0. The van der Waals surface area contributed by atoms with Crippen molar-refractivity contribution >= 4 is 10.8 Å². The molecule has 0 saturated heterocycles. The van der Waals surface area contributed by atoms with E-state index in [9.17, 15) is 8.78 Å². The second-order valence-corrected chi connectivity index (χ2v) is 9.32. The Morgan fingerprint density at radius 3 is 2.30 bits per heavy atom. The highest BCUT2D eigenvalue weighted by atomic mass is 19.2. The molecule has 0 atom stereocenters. The predicted octanol–water partition coefficient (Wildman–Crippen LogP) is 8.54. The topological polar surface area (TPSA) is 9.23 Å². The number of ether oxygens (including phenoxy) is 1. The van der Waals surface area contributed by atoms with Crippen LogP contribution in [0.25, 0.3) is 10.8 Å². The molecule has 33 heavy (non-hydrogen) atoms. The molecule has 1 saturated carbocycles. The molecule has 0 unspecified atom stereocenters. The average molecular weight is 449 g/mol. The molecule has 1 aliphatic carbocycles. The quantitative estimate of drug-likeness (QED) is 0.298. The molecule has 3 aromatic rings. The van der Waals surface area contributed by atoms with Crippen molar-refractivity contribution in [1.29, 1.82) is 0 Å². The number of rotatable bonds is 9. The van der Waals surface area contributed by atoms with Crippen molar-refractivity contribution < 1.29 is 13.5 Å². The molecule has 0 heterocycles. The van der Waals surface area contributed by atoms with Crippen molar-refractivity contribution in [2.75, 3.05) is 6.61 Å². The van der Waals surface area contributed by atoms with Crippen molar-refractivity contribution in [3.05, 3.63) is 89.5 Å². The molecule has 0 amide bonds. The lowest BCUT2D eigenvalue weighted by Gasteiger charge is -2.28. The standard InChI is InChI=1S/C30H34F2O/c1-3-5-6-21-9-14-24(15-10-21)25-16-11-22(12-17-25)7-8-23-13-18-26-20-28(33-4-2)30(32)29(31)27(26)19-23/h3,11-13,16-21,24H,1,4-10,14-15H2,2H3. The summed E-state index contributed by atoms with van der Waals surface area (Å²) in [5, 5.41) is 0.970. The van der Waals surface area contributed by atoms with Crippen molar-refractivity contribution in [3.8, 4) is 5.75 Å². The first-order chi connectivity index (χ1) is 16.1. The van der Waals surface area contributed by atoms with Gasteiger partial charge in [0.2, 0.25) is 5.82 Å². The molecule has 0 aromatic heterocycles. The molecule has 4 rings (SSSR count). The van der Waals surface area contributed by atoms with Gasteiger partial charge in [-0.2, -0.15) is 4.39 Å². The van der Waals surface area contributed by atoms with Gasteiger partial charge in [0.25, 0.3) is 0 Å². The van der Waals surface area contributed by atoms with Crippen LogP contribution < -0.4 is 4.74 Å². The van der Waals surface area contributed by atoms with E-state index in [0.29, 0.717) is 23.3 Å². The zero-order valence-electron chi connectivity index (χ0n) is 19.6. The Morgan fingerprint density at radius 1 is 0.909 bits per heavy atom. The first-order valence-corrected chi connectivity index (χ1v) is 12.3. The van der Waals surface area contributed by atoms with E-state index in [0.717, 1.165) is 30.7 Å². The molecule has 0 N–H and O–H groups in total. The highest BCUT2D eigenvalue weighted by Crippen LogP contribution is 2.37. The number of benzene rings is 3. The first kappa shape index (κ1) is 23.5. The Bertz CT molecular complexity index is 1080. The summed E-state index contributed by atoms with van der Waals surface area (Å²) in [6, 6.07) is 16.2. The molecule has 0 radical (unpaired) electrons. The minimum atomic E-state index is -0.910. The van der Waals surface area contributed by atoms with Crippen LogP contribution >= 0.6 is 0 Å². The van der Waals surface area contributed by atoms with Gasteiger partial charge < -0.3 is 4.74 Å². The first-order valence-electron chi connectivity index (χ1n) is 12.3. The van der Waals surface area contributed by atoms with Gasteiger partial charge in [-0.05, 0) is 104 Å². The summed E-state index contributed by atoms with van der Waals surface area (Å²) in [4.78, 5) is 0. The Hall–Kier alpha value is -2.68. The number of hydrogen-bond donors (Lipinski definition) is 0. The van der Waals surface area contributed by atoms with Gasteiger partial charge in [0, 0.05) is 5.39 Å². The molecule has 1 aliphatic rings. The fourth-order valence-corrected chi connectivity index (χ4v) is 5.15. The Labute approximate surface area is 196 Å². The van der Waals surface area contributed by atoms with E-state index in [2.05, 4.69) is 30.8 Å². The third-order valence-corrected chi connectivity index (χ3v) is 7.13. The van der Waals surface area contributed by atoms with Crippen LogP contribution in [0, 0.1) is 17.6 Å². The van der Waals surface area contributed by atoms with Crippen LogP contribution in [0.2, 0.25) is 0 Å². The summed E-state index contributed by atoms with van der Waals surface area (Å²) in [6.07, 6.45) is 11.3. The normalized spacial score (nSPS) is 18.4. The minimum Gasteiger partial charge on any atom is -0.491 e. The molecular weight excluding hydrogens is 414 g/mol. The summed E-state index contributed by atoms with van der Waals surface area (Å²) in [5.74, 6) is -0.225. The zero-order valence-corrected chi connectivity index (χ0v) is 19.6. The van der Waals surface area contributed by atoms with E-state index in [1.807, 2.05) is 18.2 Å². The monoisotopic (exact) mass is 448 g/mol. The summed E-state index contributed by atoms with van der Waals surface area (Å²) in [6.45, 7) is 5.90. The number of halogens is 2. The molecule has 174 valence electrons. The Balaban J connectivity index is 1.37. The molecule has 1 fully saturated rings. The van der Waals surface area contributed by atoms with Gasteiger partial charge in [-0.25, -0.2) is 4.39 Å². The van der Waals surface area contributed by atoms with E-state index in [-0.39, 0.29) is 5.75 Å². The largest absolute Gasteiger partial charge is 0.491 e.